The molecule has 3 heterocycles. The van der Waals surface area contributed by atoms with Gasteiger partial charge in [0.25, 0.3) is 5.56 Å². The lowest BCUT2D eigenvalue weighted by Crippen LogP contribution is -2.46. The Labute approximate surface area is 259 Å². The highest BCUT2D eigenvalue weighted by Gasteiger charge is 2.31. The Balaban J connectivity index is 1.17. The van der Waals surface area contributed by atoms with Crippen molar-refractivity contribution in [1.82, 2.24) is 29.4 Å². The van der Waals surface area contributed by atoms with Gasteiger partial charge in [-0.25, -0.2) is 22.9 Å². The summed E-state index contributed by atoms with van der Waals surface area (Å²) in [6.45, 7) is 0.615. The predicted octanol–water partition coefficient (Wildman–Crippen LogP) is 4.08. The van der Waals surface area contributed by atoms with Crippen molar-refractivity contribution >= 4 is 27.1 Å². The number of methoxy groups -OCH3 is 1. The summed E-state index contributed by atoms with van der Waals surface area (Å²) in [6, 6.07) is 23.0. The number of piperidine rings is 1. The molecule has 6 rings (SSSR count). The third kappa shape index (κ3) is 6.17. The largest absolute Gasteiger partial charge is 0.496 e. The second-order valence-electron chi connectivity index (χ2n) is 10.7. The molecule has 0 aliphatic carbocycles. The predicted molar refractivity (Wildman–Crippen MR) is 168 cm³/mol. The van der Waals surface area contributed by atoms with Crippen LogP contribution >= 0.6 is 0 Å². The number of fused-ring (bicyclic) bond motifs is 1. The first-order chi connectivity index (χ1) is 21.7. The van der Waals surface area contributed by atoms with Gasteiger partial charge in [-0.05, 0) is 30.5 Å². The summed E-state index contributed by atoms with van der Waals surface area (Å²) in [6.07, 6.45) is 0.346. The van der Waals surface area contributed by atoms with Crippen molar-refractivity contribution in [3.05, 3.63) is 94.8 Å². The first-order valence-corrected chi connectivity index (χ1v) is 15.9. The molecule has 13 heteroatoms. The van der Waals surface area contributed by atoms with Crippen LogP contribution in [-0.4, -0.2) is 64.8 Å². The molecule has 0 bridgehead atoms. The van der Waals surface area contributed by atoms with Gasteiger partial charge >= 0.3 is 6.09 Å². The van der Waals surface area contributed by atoms with Crippen LogP contribution in [0.25, 0.3) is 33.7 Å². The standard InChI is InChI=1S/C32H32N6O6S/c1-37-30-27(28(36-37)22-11-7-4-8-12-22)31(39)35-29(34-30)25-14-13-24(19-26(25)43-2)45(41,42)38-17-15-23(16-18-38)33-32(40)44-20-21-9-5-3-6-10-21/h3-14,19,23H,15-18,20H2,1-2H3,(H,33,40)(H,34,35,39). The van der Waals surface area contributed by atoms with Crippen LogP contribution in [0.3, 0.4) is 0 Å². The summed E-state index contributed by atoms with van der Waals surface area (Å²) in [7, 11) is -0.725. The van der Waals surface area contributed by atoms with Crippen molar-refractivity contribution in [2.24, 2.45) is 7.05 Å². The molecule has 1 amide bonds. The molecule has 0 radical (unpaired) electrons. The van der Waals surface area contributed by atoms with E-state index >= 15 is 0 Å². The topological polar surface area (TPSA) is 149 Å². The van der Waals surface area contributed by atoms with Crippen LogP contribution in [0.15, 0.2) is 88.6 Å². The van der Waals surface area contributed by atoms with Gasteiger partial charge in [0.15, 0.2) is 5.65 Å². The lowest BCUT2D eigenvalue weighted by atomic mass is 10.1. The molecular formula is C32H32N6O6S. The fraction of sp³-hybridized carbons (Fsp3) is 0.250. The highest BCUT2D eigenvalue weighted by molar-refractivity contribution is 7.89. The molecule has 0 spiro atoms. The molecule has 1 saturated heterocycles. The van der Waals surface area contributed by atoms with Crippen molar-refractivity contribution in [2.45, 2.75) is 30.4 Å². The van der Waals surface area contributed by atoms with Crippen molar-refractivity contribution in [1.29, 1.82) is 0 Å². The lowest BCUT2D eigenvalue weighted by molar-refractivity contribution is 0.131. The molecule has 1 aliphatic rings. The van der Waals surface area contributed by atoms with E-state index in [4.69, 9.17) is 9.47 Å². The molecular weight excluding hydrogens is 596 g/mol. The van der Waals surface area contributed by atoms with Crippen LogP contribution in [0.1, 0.15) is 18.4 Å². The van der Waals surface area contributed by atoms with Gasteiger partial charge in [-0.1, -0.05) is 60.7 Å². The van der Waals surface area contributed by atoms with Crippen molar-refractivity contribution in [3.63, 3.8) is 0 Å². The maximum absolute atomic E-state index is 13.6. The van der Waals surface area contributed by atoms with E-state index in [1.165, 1.54) is 23.5 Å². The smallest absolute Gasteiger partial charge is 0.407 e. The third-order valence-corrected chi connectivity index (χ3v) is 9.69. The van der Waals surface area contributed by atoms with Crippen molar-refractivity contribution < 1.29 is 22.7 Å². The van der Waals surface area contributed by atoms with Crippen molar-refractivity contribution in [3.8, 4) is 28.4 Å². The summed E-state index contributed by atoms with van der Waals surface area (Å²) in [5.41, 5.74) is 2.62. The normalized spacial score (nSPS) is 14.4. The lowest BCUT2D eigenvalue weighted by Gasteiger charge is -2.31. The zero-order chi connectivity index (χ0) is 31.6. The molecule has 1 aliphatic heterocycles. The molecule has 3 aromatic carbocycles. The molecule has 5 aromatic rings. The van der Waals surface area contributed by atoms with Crippen LogP contribution in [0.5, 0.6) is 5.75 Å². The summed E-state index contributed by atoms with van der Waals surface area (Å²) in [4.78, 5) is 33.1. The van der Waals surface area contributed by atoms with Crippen LogP contribution in [0.2, 0.25) is 0 Å². The summed E-state index contributed by atoms with van der Waals surface area (Å²) in [5.74, 6) is 0.462. The number of aromatic amines is 1. The number of hydrogen-bond acceptors (Lipinski definition) is 8. The number of aromatic nitrogens is 4. The first kappa shape index (κ1) is 30.0. The Morgan fingerprint density at radius 2 is 1.71 bits per heavy atom. The van der Waals surface area contributed by atoms with E-state index in [2.05, 4.69) is 20.4 Å². The van der Waals surface area contributed by atoms with E-state index < -0.39 is 16.1 Å². The number of amides is 1. The number of benzene rings is 3. The number of nitrogens with zero attached hydrogens (tertiary/aromatic N) is 4. The van der Waals surface area contributed by atoms with Gasteiger partial charge in [-0.3, -0.25) is 4.79 Å². The molecule has 45 heavy (non-hydrogen) atoms. The SMILES string of the molecule is COc1cc(S(=O)(=O)N2CCC(NC(=O)OCc3ccccc3)CC2)ccc1-c1nc2c(c(-c3ccccc3)nn2C)c(=O)[nH]1. The third-order valence-electron chi connectivity index (χ3n) is 7.80. The minimum Gasteiger partial charge on any atom is -0.496 e. The highest BCUT2D eigenvalue weighted by Crippen LogP contribution is 2.33. The summed E-state index contributed by atoms with van der Waals surface area (Å²) in [5, 5.41) is 7.71. The number of carbonyl (C=O) groups excluding carboxylic acids is 1. The zero-order valence-electron chi connectivity index (χ0n) is 24.8. The second kappa shape index (κ2) is 12.5. The van der Waals surface area contributed by atoms with Crippen molar-refractivity contribution in [2.75, 3.05) is 20.2 Å². The average Bonchev–Trinajstić information content (AvgIpc) is 3.41. The number of carbonyl (C=O) groups is 1. The summed E-state index contributed by atoms with van der Waals surface area (Å²) >= 11 is 0. The van der Waals surface area contributed by atoms with Crippen LogP contribution in [-0.2, 0) is 28.4 Å². The van der Waals surface area contributed by atoms with E-state index in [-0.39, 0.29) is 47.8 Å². The fourth-order valence-corrected chi connectivity index (χ4v) is 6.92. The number of alkyl carbamates (subject to hydrolysis) is 1. The zero-order valence-corrected chi connectivity index (χ0v) is 25.6. The minimum atomic E-state index is -3.87. The number of rotatable bonds is 8. The molecule has 12 nitrogen and oxygen atoms in total. The Morgan fingerprint density at radius 1 is 1.02 bits per heavy atom. The van der Waals surface area contributed by atoms with Gasteiger partial charge in [0.1, 0.15) is 29.3 Å². The molecule has 2 N–H and O–H groups in total. The van der Waals surface area contributed by atoms with E-state index in [0.29, 0.717) is 35.1 Å². The maximum atomic E-state index is 13.6. The number of nitrogens with one attached hydrogen (secondary N) is 2. The van der Waals surface area contributed by atoms with Gasteiger partial charge in [0.05, 0.1) is 17.6 Å². The average molecular weight is 629 g/mol. The number of hydrogen-bond donors (Lipinski definition) is 2. The number of ether oxygens (including phenoxy) is 2. The minimum absolute atomic E-state index is 0.0482. The highest BCUT2D eigenvalue weighted by atomic mass is 32.2. The van der Waals surface area contributed by atoms with Crippen LogP contribution in [0.4, 0.5) is 4.79 Å². The maximum Gasteiger partial charge on any atom is 0.407 e. The van der Waals surface area contributed by atoms with Gasteiger partial charge in [-0.15, -0.1) is 0 Å². The second-order valence-corrected chi connectivity index (χ2v) is 12.6. The van der Waals surface area contributed by atoms with E-state index in [9.17, 15) is 18.0 Å². The molecule has 0 saturated carbocycles. The van der Waals surface area contributed by atoms with Crippen LogP contribution in [0, 0.1) is 0 Å². The molecule has 232 valence electrons. The number of sulfonamides is 1. The first-order valence-electron chi connectivity index (χ1n) is 14.4. The number of H-pyrrole nitrogens is 1. The Bertz CT molecular complexity index is 2000. The quantitative estimate of drug-likeness (QED) is 0.261. The molecule has 2 aromatic heterocycles. The van der Waals surface area contributed by atoms with Gasteiger partial charge in [0.2, 0.25) is 10.0 Å². The van der Waals surface area contributed by atoms with Gasteiger partial charge in [-0.2, -0.15) is 9.40 Å². The molecule has 1 fully saturated rings. The van der Waals surface area contributed by atoms with E-state index in [1.54, 1.807) is 17.8 Å². The molecule has 0 atom stereocenters. The molecule has 0 unspecified atom stereocenters. The Morgan fingerprint density at radius 3 is 2.40 bits per heavy atom. The fourth-order valence-electron chi connectivity index (χ4n) is 5.43. The Hall–Kier alpha value is -5.01. The van der Waals surface area contributed by atoms with Gasteiger partial charge < -0.3 is 19.8 Å². The monoisotopic (exact) mass is 628 g/mol. The Kier molecular flexibility index (Phi) is 8.37. The van der Waals surface area contributed by atoms with Gasteiger partial charge in [0, 0.05) is 37.8 Å². The summed E-state index contributed by atoms with van der Waals surface area (Å²) < 4.78 is 41.0. The van der Waals surface area contributed by atoms with E-state index in [1.807, 2.05) is 60.7 Å². The number of aryl methyl sites for hydroxylation is 1. The van der Waals surface area contributed by atoms with Crippen LogP contribution < -0.4 is 15.6 Å². The van der Waals surface area contributed by atoms with E-state index in [0.717, 1.165) is 11.1 Å².